The molecular weight excluding hydrogens is 336 g/mol. The largest absolute Gasteiger partial charge is 0.454 e. The average Bonchev–Trinajstić information content (AvgIpc) is 3.22. The van der Waals surface area contributed by atoms with Gasteiger partial charge in [0.15, 0.2) is 17.5 Å². The van der Waals surface area contributed by atoms with E-state index in [4.69, 9.17) is 9.47 Å². The van der Waals surface area contributed by atoms with Gasteiger partial charge in [0.05, 0.1) is 6.54 Å². The highest BCUT2D eigenvalue weighted by atomic mass is 32.1. The second kappa shape index (κ2) is 7.31. The minimum absolute atomic E-state index is 0.0869. The van der Waals surface area contributed by atoms with Crippen molar-refractivity contribution in [3.05, 3.63) is 39.8 Å². The van der Waals surface area contributed by atoms with Crippen molar-refractivity contribution in [3.8, 4) is 11.5 Å². The Kier molecular flexibility index (Phi) is 5.13. The van der Waals surface area contributed by atoms with E-state index in [1.165, 1.54) is 10.4 Å². The Morgan fingerprint density at radius 1 is 1.28 bits per heavy atom. The lowest BCUT2D eigenvalue weighted by atomic mass is 9.84. The third kappa shape index (κ3) is 4.22. The summed E-state index contributed by atoms with van der Waals surface area (Å²) in [6, 6.07) is 6.11. The maximum absolute atomic E-state index is 5.49. The molecular formula is C18H24N4O2S. The molecule has 0 radical (unpaired) electrons. The van der Waals surface area contributed by atoms with Crippen LogP contribution in [0.3, 0.4) is 0 Å². The number of benzene rings is 1. The zero-order valence-corrected chi connectivity index (χ0v) is 15.9. The maximum Gasteiger partial charge on any atom is 0.231 e. The van der Waals surface area contributed by atoms with Gasteiger partial charge < -0.3 is 20.1 Å². The van der Waals surface area contributed by atoms with E-state index in [-0.39, 0.29) is 5.41 Å². The number of aryl methyl sites for hydroxylation is 1. The predicted molar refractivity (Wildman–Crippen MR) is 101 cm³/mol. The molecule has 0 spiro atoms. The Hall–Kier alpha value is -2.28. The summed E-state index contributed by atoms with van der Waals surface area (Å²) in [5.41, 5.74) is 1.10. The fraction of sp³-hybridized carbons (Fsp3) is 0.444. The van der Waals surface area contributed by atoms with Gasteiger partial charge in [0, 0.05) is 30.1 Å². The molecule has 0 aliphatic carbocycles. The summed E-state index contributed by atoms with van der Waals surface area (Å²) < 4.78 is 10.9. The average molecular weight is 360 g/mol. The number of nitrogens with one attached hydrogen (secondary N) is 2. The highest BCUT2D eigenvalue weighted by Crippen LogP contribution is 2.36. The van der Waals surface area contributed by atoms with E-state index < -0.39 is 0 Å². The van der Waals surface area contributed by atoms with E-state index in [1.807, 2.05) is 12.3 Å². The first-order chi connectivity index (χ1) is 12.0. The first-order valence-corrected chi connectivity index (χ1v) is 9.05. The van der Waals surface area contributed by atoms with Crippen LogP contribution in [0.5, 0.6) is 11.5 Å². The molecule has 7 heteroatoms. The zero-order valence-electron chi connectivity index (χ0n) is 15.0. The SMILES string of the molecule is CN=C(NCc1ncc(C)s1)NCC(C)(C)c1ccc2c(c1)OCO2. The lowest BCUT2D eigenvalue weighted by molar-refractivity contribution is 0.174. The van der Waals surface area contributed by atoms with Gasteiger partial charge in [0.25, 0.3) is 0 Å². The third-order valence-electron chi connectivity index (χ3n) is 4.15. The van der Waals surface area contributed by atoms with E-state index in [0.29, 0.717) is 13.3 Å². The van der Waals surface area contributed by atoms with Crippen molar-refractivity contribution in [1.29, 1.82) is 0 Å². The van der Waals surface area contributed by atoms with Crippen molar-refractivity contribution >= 4 is 17.3 Å². The Labute approximate surface area is 152 Å². The van der Waals surface area contributed by atoms with Crippen LogP contribution in [0.4, 0.5) is 0 Å². The maximum atomic E-state index is 5.49. The lowest BCUT2D eigenvalue weighted by Crippen LogP contribution is -2.43. The molecule has 1 aromatic carbocycles. The zero-order chi connectivity index (χ0) is 17.9. The lowest BCUT2D eigenvalue weighted by Gasteiger charge is -2.27. The number of guanidine groups is 1. The molecule has 0 saturated carbocycles. The Morgan fingerprint density at radius 3 is 2.80 bits per heavy atom. The van der Waals surface area contributed by atoms with Gasteiger partial charge in [-0.2, -0.15) is 0 Å². The number of nitrogens with zero attached hydrogens (tertiary/aromatic N) is 2. The molecule has 2 aromatic rings. The number of hydrogen-bond donors (Lipinski definition) is 2. The molecule has 1 aliphatic heterocycles. The van der Waals surface area contributed by atoms with Crippen LogP contribution in [0.25, 0.3) is 0 Å². The molecule has 0 fully saturated rings. The molecule has 0 saturated heterocycles. The molecule has 25 heavy (non-hydrogen) atoms. The van der Waals surface area contributed by atoms with E-state index >= 15 is 0 Å². The second-order valence-electron chi connectivity index (χ2n) is 6.60. The molecule has 3 rings (SSSR count). The molecule has 0 unspecified atom stereocenters. The molecule has 0 bridgehead atoms. The summed E-state index contributed by atoms with van der Waals surface area (Å²) in [4.78, 5) is 9.86. The first kappa shape index (κ1) is 17.5. The number of rotatable bonds is 5. The molecule has 2 heterocycles. The van der Waals surface area contributed by atoms with Gasteiger partial charge in [-0.15, -0.1) is 11.3 Å². The number of fused-ring (bicyclic) bond motifs is 1. The normalized spacial score (nSPS) is 13.8. The summed E-state index contributed by atoms with van der Waals surface area (Å²) in [5, 5.41) is 7.75. The monoisotopic (exact) mass is 360 g/mol. The van der Waals surface area contributed by atoms with Crippen LogP contribution >= 0.6 is 11.3 Å². The van der Waals surface area contributed by atoms with Gasteiger partial charge >= 0.3 is 0 Å². The first-order valence-electron chi connectivity index (χ1n) is 8.24. The fourth-order valence-electron chi connectivity index (χ4n) is 2.59. The van der Waals surface area contributed by atoms with Gasteiger partial charge in [0.2, 0.25) is 6.79 Å². The minimum atomic E-state index is -0.0869. The molecule has 2 N–H and O–H groups in total. The van der Waals surface area contributed by atoms with Gasteiger partial charge in [-0.25, -0.2) is 4.98 Å². The fourth-order valence-corrected chi connectivity index (χ4v) is 3.31. The molecule has 6 nitrogen and oxygen atoms in total. The van der Waals surface area contributed by atoms with Gasteiger partial charge in [-0.3, -0.25) is 4.99 Å². The highest BCUT2D eigenvalue weighted by molar-refractivity contribution is 7.11. The highest BCUT2D eigenvalue weighted by Gasteiger charge is 2.24. The van der Waals surface area contributed by atoms with Gasteiger partial charge in [-0.1, -0.05) is 19.9 Å². The summed E-state index contributed by atoms with van der Waals surface area (Å²) >= 11 is 1.69. The van der Waals surface area contributed by atoms with Gasteiger partial charge in [-0.05, 0) is 24.6 Å². The van der Waals surface area contributed by atoms with Crippen molar-refractivity contribution in [1.82, 2.24) is 15.6 Å². The van der Waals surface area contributed by atoms with Crippen molar-refractivity contribution in [3.63, 3.8) is 0 Å². The van der Waals surface area contributed by atoms with E-state index in [1.54, 1.807) is 18.4 Å². The number of aromatic nitrogens is 1. The Bertz CT molecular complexity index is 770. The smallest absolute Gasteiger partial charge is 0.231 e. The van der Waals surface area contributed by atoms with Crippen molar-refractivity contribution in [2.75, 3.05) is 20.4 Å². The summed E-state index contributed by atoms with van der Waals surface area (Å²) in [6.45, 7) is 8.14. The Balaban J connectivity index is 1.58. The van der Waals surface area contributed by atoms with Crippen LogP contribution in [-0.4, -0.2) is 31.3 Å². The second-order valence-corrected chi connectivity index (χ2v) is 7.92. The predicted octanol–water partition coefficient (Wildman–Crippen LogP) is 2.82. The van der Waals surface area contributed by atoms with Crippen molar-refractivity contribution in [2.45, 2.75) is 32.7 Å². The van der Waals surface area contributed by atoms with Crippen LogP contribution < -0.4 is 20.1 Å². The third-order valence-corrected chi connectivity index (χ3v) is 5.06. The van der Waals surface area contributed by atoms with Gasteiger partial charge in [0.1, 0.15) is 5.01 Å². The standard InChI is InChI=1S/C18H24N4O2S/c1-12-8-20-16(25-12)9-21-17(19-4)22-10-18(2,3)13-5-6-14-15(7-13)24-11-23-14/h5-8H,9-11H2,1-4H3,(H2,19,21,22). The molecule has 134 valence electrons. The molecule has 1 aliphatic rings. The summed E-state index contributed by atoms with van der Waals surface area (Å²) in [6.07, 6.45) is 1.89. The topological polar surface area (TPSA) is 67.8 Å². The number of ether oxygens (including phenoxy) is 2. The summed E-state index contributed by atoms with van der Waals surface area (Å²) in [5.74, 6) is 2.39. The number of hydrogen-bond acceptors (Lipinski definition) is 5. The quantitative estimate of drug-likeness (QED) is 0.634. The van der Waals surface area contributed by atoms with E-state index in [2.05, 4.69) is 53.5 Å². The number of thiazole rings is 1. The van der Waals surface area contributed by atoms with Crippen LogP contribution in [0.1, 0.15) is 29.3 Å². The van der Waals surface area contributed by atoms with Crippen molar-refractivity contribution in [2.24, 2.45) is 4.99 Å². The van der Waals surface area contributed by atoms with Crippen LogP contribution in [0, 0.1) is 6.92 Å². The number of aliphatic imine (C=N–C) groups is 1. The summed E-state index contributed by atoms with van der Waals surface area (Å²) in [7, 11) is 1.77. The van der Waals surface area contributed by atoms with Crippen molar-refractivity contribution < 1.29 is 9.47 Å². The molecule has 0 atom stereocenters. The van der Waals surface area contributed by atoms with E-state index in [0.717, 1.165) is 29.0 Å². The van der Waals surface area contributed by atoms with Crippen LogP contribution in [-0.2, 0) is 12.0 Å². The molecule has 0 amide bonds. The van der Waals surface area contributed by atoms with Crippen LogP contribution in [0.2, 0.25) is 0 Å². The minimum Gasteiger partial charge on any atom is -0.454 e. The molecule has 1 aromatic heterocycles. The Morgan fingerprint density at radius 2 is 2.08 bits per heavy atom. The van der Waals surface area contributed by atoms with E-state index in [9.17, 15) is 0 Å². The van der Waals surface area contributed by atoms with Crippen LogP contribution in [0.15, 0.2) is 29.4 Å².